The first kappa shape index (κ1) is 10.5. The zero-order valence-corrected chi connectivity index (χ0v) is 8.28. The van der Waals surface area contributed by atoms with Crippen LogP contribution in [0.4, 0.5) is 8.78 Å². The lowest BCUT2D eigenvalue weighted by Gasteiger charge is -2.01. The van der Waals surface area contributed by atoms with Gasteiger partial charge >= 0.3 is 0 Å². The normalized spacial score (nSPS) is 10.1. The zero-order valence-electron chi connectivity index (χ0n) is 8.28. The molecule has 0 amide bonds. The van der Waals surface area contributed by atoms with E-state index in [4.69, 9.17) is 0 Å². The molecule has 0 heterocycles. The van der Waals surface area contributed by atoms with E-state index in [0.29, 0.717) is 5.56 Å². The fraction of sp³-hybridized carbons (Fsp3) is 0. The second kappa shape index (κ2) is 4.23. The van der Waals surface area contributed by atoms with Crippen molar-refractivity contribution < 1.29 is 13.6 Å². The molecule has 80 valence electrons. The van der Waals surface area contributed by atoms with Gasteiger partial charge in [0.1, 0.15) is 11.6 Å². The highest BCUT2D eigenvalue weighted by atomic mass is 19.1. The maximum atomic E-state index is 12.9. The van der Waals surface area contributed by atoms with Crippen LogP contribution in [0.3, 0.4) is 0 Å². The number of ketones is 1. The highest BCUT2D eigenvalue weighted by molar-refractivity contribution is 6.08. The second-order valence-electron chi connectivity index (χ2n) is 3.35. The first-order chi connectivity index (χ1) is 7.66. The van der Waals surface area contributed by atoms with Crippen molar-refractivity contribution in [2.45, 2.75) is 0 Å². The van der Waals surface area contributed by atoms with Gasteiger partial charge in [-0.2, -0.15) is 0 Å². The molecule has 1 nitrogen and oxygen atoms in total. The van der Waals surface area contributed by atoms with Gasteiger partial charge in [0.2, 0.25) is 0 Å². The van der Waals surface area contributed by atoms with Crippen molar-refractivity contribution >= 4 is 5.78 Å². The molecule has 2 aromatic carbocycles. The van der Waals surface area contributed by atoms with Gasteiger partial charge in [0.05, 0.1) is 0 Å². The standard InChI is InChI=1S/C13H8F2O/c14-11-6-10(7-12(15)8-11)13(16)9-4-2-1-3-5-9/h1-8H/i13-1. The molecule has 0 atom stereocenters. The Balaban J connectivity index is 2.42. The van der Waals surface area contributed by atoms with E-state index >= 15 is 0 Å². The van der Waals surface area contributed by atoms with Crippen LogP contribution in [-0.2, 0) is 0 Å². The predicted octanol–water partition coefficient (Wildman–Crippen LogP) is 3.20. The summed E-state index contributed by atoms with van der Waals surface area (Å²) in [7, 11) is 0. The third-order valence-corrected chi connectivity index (χ3v) is 2.16. The van der Waals surface area contributed by atoms with Crippen LogP contribution in [-0.4, -0.2) is 5.78 Å². The maximum absolute atomic E-state index is 12.9. The summed E-state index contributed by atoms with van der Waals surface area (Å²) in [4.78, 5) is 11.8. The molecule has 2 aromatic rings. The van der Waals surface area contributed by atoms with Crippen LogP contribution < -0.4 is 0 Å². The van der Waals surface area contributed by atoms with Gasteiger partial charge in [-0.1, -0.05) is 30.3 Å². The third-order valence-electron chi connectivity index (χ3n) is 2.16. The SMILES string of the molecule is O=[11C](c1ccccc1)c1cc(F)cc(F)c1. The van der Waals surface area contributed by atoms with E-state index < -0.39 is 11.6 Å². The Labute approximate surface area is 91.3 Å². The van der Waals surface area contributed by atoms with E-state index in [0.717, 1.165) is 18.2 Å². The average molecular weight is 217 g/mol. The molecule has 0 spiro atoms. The van der Waals surface area contributed by atoms with E-state index in [-0.39, 0.29) is 11.3 Å². The van der Waals surface area contributed by atoms with Gasteiger partial charge in [-0.15, -0.1) is 0 Å². The van der Waals surface area contributed by atoms with Gasteiger partial charge < -0.3 is 0 Å². The Morgan fingerprint density at radius 2 is 1.38 bits per heavy atom. The van der Waals surface area contributed by atoms with Crippen molar-refractivity contribution in [2.75, 3.05) is 0 Å². The number of halogens is 2. The third kappa shape index (κ3) is 2.14. The van der Waals surface area contributed by atoms with E-state index in [9.17, 15) is 13.6 Å². The van der Waals surface area contributed by atoms with Gasteiger partial charge in [0.25, 0.3) is 0 Å². The van der Waals surface area contributed by atoms with Crippen LogP contribution >= 0.6 is 0 Å². The summed E-state index contributed by atoms with van der Waals surface area (Å²) in [5.74, 6) is -1.89. The molecule has 16 heavy (non-hydrogen) atoms. The molecule has 2 rings (SSSR count). The van der Waals surface area contributed by atoms with E-state index in [1.807, 2.05) is 0 Å². The molecule has 0 bridgehead atoms. The molecule has 0 aliphatic heterocycles. The maximum Gasteiger partial charge on any atom is 0.193 e. The van der Waals surface area contributed by atoms with Crippen molar-refractivity contribution in [3.05, 3.63) is 71.3 Å². The van der Waals surface area contributed by atoms with Crippen LogP contribution in [0.2, 0.25) is 0 Å². The Morgan fingerprint density at radius 1 is 0.812 bits per heavy atom. The lowest BCUT2D eigenvalue weighted by atomic mass is 9.70. The Kier molecular flexibility index (Phi) is 2.77. The molecule has 0 fully saturated rings. The van der Waals surface area contributed by atoms with E-state index in [2.05, 4.69) is 0 Å². The smallest absolute Gasteiger partial charge is 0.193 e. The number of hydrogen-bond donors (Lipinski definition) is 0. The quantitative estimate of drug-likeness (QED) is 0.706. The minimum absolute atomic E-state index is 0.0173. The predicted molar refractivity (Wildman–Crippen MR) is 56.2 cm³/mol. The molecule has 0 aromatic heterocycles. The second-order valence-corrected chi connectivity index (χ2v) is 3.35. The van der Waals surface area contributed by atoms with Crippen LogP contribution in [0.15, 0.2) is 48.5 Å². The summed E-state index contributed by atoms with van der Waals surface area (Å²) >= 11 is 0. The highest BCUT2D eigenvalue weighted by Crippen LogP contribution is 2.13. The van der Waals surface area contributed by atoms with Crippen LogP contribution in [0.5, 0.6) is 0 Å². The molecule has 0 aliphatic rings. The molecular formula is C13H8F2O. The van der Waals surface area contributed by atoms with Crippen molar-refractivity contribution in [3.63, 3.8) is 0 Å². The minimum atomic E-state index is -0.751. The van der Waals surface area contributed by atoms with Gasteiger partial charge in [0, 0.05) is 17.2 Å². The molecule has 0 unspecified atom stereocenters. The molecule has 0 saturated carbocycles. The summed E-state index contributed by atoms with van der Waals surface area (Å²) in [6.45, 7) is 0. The molecule has 0 radical (unpaired) electrons. The van der Waals surface area contributed by atoms with Crippen LogP contribution in [0.25, 0.3) is 0 Å². The van der Waals surface area contributed by atoms with Crippen molar-refractivity contribution in [1.82, 2.24) is 0 Å². The van der Waals surface area contributed by atoms with Crippen LogP contribution in [0, 0.1) is 11.6 Å². The number of carbonyl (C=O) groups is 1. The van der Waals surface area contributed by atoms with Gasteiger partial charge in [-0.25, -0.2) is 8.78 Å². The van der Waals surface area contributed by atoms with E-state index in [1.54, 1.807) is 30.3 Å². The van der Waals surface area contributed by atoms with Gasteiger partial charge in [0.15, 0.2) is 5.78 Å². The summed E-state index contributed by atoms with van der Waals surface area (Å²) in [5.41, 5.74) is 0.427. The van der Waals surface area contributed by atoms with Gasteiger partial charge in [-0.3, -0.25) is 4.79 Å². The summed E-state index contributed by atoms with van der Waals surface area (Å²) in [5, 5.41) is 0. The fourth-order valence-corrected chi connectivity index (χ4v) is 1.44. The monoisotopic (exact) mass is 217 g/mol. The van der Waals surface area contributed by atoms with Crippen molar-refractivity contribution in [1.29, 1.82) is 0 Å². The summed E-state index contributed by atoms with van der Waals surface area (Å²) < 4.78 is 25.8. The number of hydrogen-bond acceptors (Lipinski definition) is 1. The first-order valence-corrected chi connectivity index (χ1v) is 4.72. The lowest BCUT2D eigenvalue weighted by molar-refractivity contribution is 0.103. The average Bonchev–Trinajstić information content (AvgIpc) is 2.28. The molecule has 0 aliphatic carbocycles. The highest BCUT2D eigenvalue weighted by Gasteiger charge is 2.10. The number of rotatable bonds is 2. The largest absolute Gasteiger partial charge is 0.289 e. The number of carbonyl (C=O) groups excluding carboxylic acids is 1. The van der Waals surface area contributed by atoms with Crippen molar-refractivity contribution in [3.8, 4) is 0 Å². The molecule has 0 saturated heterocycles. The first-order valence-electron chi connectivity index (χ1n) is 4.72. The lowest BCUT2D eigenvalue weighted by Crippen LogP contribution is -2.02. The molecule has 3 heteroatoms. The Bertz CT molecular complexity index is 500. The van der Waals surface area contributed by atoms with E-state index in [1.165, 1.54) is 0 Å². The van der Waals surface area contributed by atoms with Crippen molar-refractivity contribution in [2.24, 2.45) is 0 Å². The molecular weight excluding hydrogens is 209 g/mol. The fourth-order valence-electron chi connectivity index (χ4n) is 1.44. The summed E-state index contributed by atoms with van der Waals surface area (Å²) in [6, 6.07) is 11.2. The molecule has 0 N–H and O–H groups in total. The minimum Gasteiger partial charge on any atom is -0.289 e. The number of benzene rings is 2. The zero-order chi connectivity index (χ0) is 11.5. The van der Waals surface area contributed by atoms with Crippen LogP contribution in [0.1, 0.15) is 15.9 Å². The van der Waals surface area contributed by atoms with Gasteiger partial charge in [-0.05, 0) is 12.1 Å². The topological polar surface area (TPSA) is 17.1 Å². The summed E-state index contributed by atoms with van der Waals surface area (Å²) in [6.07, 6.45) is 0. The Hall–Kier alpha value is -2.03. The Morgan fingerprint density at radius 3 is 1.94 bits per heavy atom.